The highest BCUT2D eigenvalue weighted by Crippen LogP contribution is 2.41. The van der Waals surface area contributed by atoms with Crippen molar-refractivity contribution in [1.29, 1.82) is 0 Å². The highest BCUT2D eigenvalue weighted by atomic mass is 16.2. The van der Waals surface area contributed by atoms with Gasteiger partial charge in [-0.05, 0) is 38.7 Å². The molecule has 2 fully saturated rings. The van der Waals surface area contributed by atoms with Crippen LogP contribution in [0.1, 0.15) is 66.6 Å². The minimum absolute atomic E-state index is 0.0836. The first kappa shape index (κ1) is 17.1. The smallest absolute Gasteiger partial charge is 0.318 e. The van der Waals surface area contributed by atoms with Gasteiger partial charge in [-0.3, -0.25) is 5.10 Å². The molecule has 1 unspecified atom stereocenters. The van der Waals surface area contributed by atoms with Crippen LogP contribution in [-0.4, -0.2) is 33.7 Å². The van der Waals surface area contributed by atoms with Crippen LogP contribution in [0.5, 0.6) is 0 Å². The molecule has 3 atom stereocenters. The third-order valence-electron chi connectivity index (χ3n) is 5.86. The Hall–Kier alpha value is -2.30. The summed E-state index contributed by atoms with van der Waals surface area (Å²) in [6.07, 6.45) is 5.48. The van der Waals surface area contributed by atoms with Crippen molar-refractivity contribution in [1.82, 2.24) is 20.4 Å². The number of hydrogen-bond donors (Lipinski definition) is 2. The average Bonchev–Trinajstić information content (AvgIpc) is 3.38. The van der Waals surface area contributed by atoms with Gasteiger partial charge in [0.25, 0.3) is 0 Å². The summed E-state index contributed by atoms with van der Waals surface area (Å²) in [5, 5.41) is 10.7. The van der Waals surface area contributed by atoms with Crippen molar-refractivity contribution in [3.63, 3.8) is 0 Å². The van der Waals surface area contributed by atoms with E-state index in [4.69, 9.17) is 0 Å². The largest absolute Gasteiger partial charge is 0.335 e. The Morgan fingerprint density at radius 1 is 1.19 bits per heavy atom. The van der Waals surface area contributed by atoms with Gasteiger partial charge in [-0.15, -0.1) is 0 Å². The topological polar surface area (TPSA) is 61.0 Å². The van der Waals surface area contributed by atoms with E-state index in [9.17, 15) is 4.79 Å². The van der Waals surface area contributed by atoms with E-state index < -0.39 is 0 Å². The molecule has 2 amide bonds. The molecule has 2 aliphatic rings. The number of aryl methyl sites for hydroxylation is 2. The Bertz CT molecular complexity index is 750. The van der Waals surface area contributed by atoms with Crippen LogP contribution in [0, 0.1) is 13.8 Å². The molecule has 5 heteroatoms. The van der Waals surface area contributed by atoms with E-state index in [-0.39, 0.29) is 18.1 Å². The molecular weight excluding hydrogens is 324 g/mol. The molecule has 2 heterocycles. The summed E-state index contributed by atoms with van der Waals surface area (Å²) < 4.78 is 0. The Balaban J connectivity index is 1.48. The van der Waals surface area contributed by atoms with Crippen molar-refractivity contribution < 1.29 is 4.79 Å². The van der Waals surface area contributed by atoms with E-state index in [2.05, 4.69) is 51.6 Å². The minimum atomic E-state index is 0.0836. The van der Waals surface area contributed by atoms with E-state index in [1.54, 1.807) is 0 Å². The van der Waals surface area contributed by atoms with Gasteiger partial charge in [-0.1, -0.05) is 43.2 Å². The van der Waals surface area contributed by atoms with Crippen molar-refractivity contribution in [2.24, 2.45) is 0 Å². The predicted octanol–water partition coefficient (Wildman–Crippen LogP) is 4.21. The molecule has 1 saturated carbocycles. The van der Waals surface area contributed by atoms with Gasteiger partial charge in [0.15, 0.2) is 0 Å². The summed E-state index contributed by atoms with van der Waals surface area (Å²) in [5.41, 5.74) is 4.63. The fraction of sp³-hybridized carbons (Fsp3) is 0.524. The second-order valence-corrected chi connectivity index (χ2v) is 7.72. The van der Waals surface area contributed by atoms with E-state index in [0.717, 1.165) is 43.6 Å². The van der Waals surface area contributed by atoms with Gasteiger partial charge in [-0.2, -0.15) is 5.10 Å². The van der Waals surface area contributed by atoms with Crippen LogP contribution in [0.4, 0.5) is 4.79 Å². The van der Waals surface area contributed by atoms with Crippen LogP contribution in [-0.2, 0) is 0 Å². The lowest BCUT2D eigenvalue weighted by Gasteiger charge is -2.31. The van der Waals surface area contributed by atoms with E-state index in [1.807, 2.05) is 13.0 Å². The number of amides is 2. The molecule has 1 saturated heterocycles. The predicted molar refractivity (Wildman–Crippen MR) is 102 cm³/mol. The first-order valence-corrected chi connectivity index (χ1v) is 9.78. The lowest BCUT2D eigenvalue weighted by Crippen LogP contribution is -2.43. The molecule has 26 heavy (non-hydrogen) atoms. The normalized spacial score (nSPS) is 25.6. The van der Waals surface area contributed by atoms with Crippen LogP contribution < -0.4 is 5.32 Å². The molecule has 0 spiro atoms. The first-order chi connectivity index (χ1) is 12.6. The quantitative estimate of drug-likeness (QED) is 0.869. The van der Waals surface area contributed by atoms with Crippen molar-refractivity contribution in [2.45, 2.75) is 64.0 Å². The van der Waals surface area contributed by atoms with Crippen LogP contribution >= 0.6 is 0 Å². The number of urea groups is 1. The Kier molecular flexibility index (Phi) is 4.70. The van der Waals surface area contributed by atoms with Crippen molar-refractivity contribution in [3.05, 3.63) is 52.8 Å². The molecule has 1 aliphatic carbocycles. The zero-order chi connectivity index (χ0) is 18.1. The summed E-state index contributed by atoms with van der Waals surface area (Å²) in [6.45, 7) is 4.91. The molecule has 0 bridgehead atoms. The maximum absolute atomic E-state index is 13.1. The molecule has 1 aromatic carbocycles. The van der Waals surface area contributed by atoms with Crippen LogP contribution in [0.15, 0.2) is 30.3 Å². The molecule has 4 rings (SSSR count). The maximum Gasteiger partial charge on any atom is 0.318 e. The first-order valence-electron chi connectivity index (χ1n) is 9.78. The highest BCUT2D eigenvalue weighted by molar-refractivity contribution is 5.76. The number of benzene rings is 1. The van der Waals surface area contributed by atoms with E-state index in [0.29, 0.717) is 5.92 Å². The second kappa shape index (κ2) is 7.14. The van der Waals surface area contributed by atoms with Crippen molar-refractivity contribution >= 4 is 6.03 Å². The van der Waals surface area contributed by atoms with Crippen molar-refractivity contribution in [3.8, 4) is 0 Å². The Morgan fingerprint density at radius 2 is 2.00 bits per heavy atom. The number of aromatic amines is 1. The number of hydrogen-bond acceptors (Lipinski definition) is 2. The van der Waals surface area contributed by atoms with Gasteiger partial charge in [0.2, 0.25) is 0 Å². The van der Waals surface area contributed by atoms with Gasteiger partial charge in [0.1, 0.15) is 0 Å². The van der Waals surface area contributed by atoms with Crippen LogP contribution in [0.3, 0.4) is 0 Å². The van der Waals surface area contributed by atoms with Gasteiger partial charge in [0, 0.05) is 29.8 Å². The third kappa shape index (κ3) is 3.35. The average molecular weight is 352 g/mol. The number of H-pyrrole nitrogens is 1. The standard InChI is InChI=1S/C21H28N4O/c1-14-20(15(2)24-23-14)19-11-7-4-8-12-25(19)21(26)22-18-13-17(18)16-9-5-3-6-10-16/h3,5-6,9-10,17-19H,4,7-8,11-13H2,1-2H3,(H,22,26)(H,23,24)/t17-,18+,19?/m0/s1. The summed E-state index contributed by atoms with van der Waals surface area (Å²) >= 11 is 0. The molecule has 1 aliphatic heterocycles. The summed E-state index contributed by atoms with van der Waals surface area (Å²) in [7, 11) is 0. The lowest BCUT2D eigenvalue weighted by atomic mass is 9.99. The van der Waals surface area contributed by atoms with Crippen LogP contribution in [0.25, 0.3) is 0 Å². The molecule has 0 radical (unpaired) electrons. The molecule has 138 valence electrons. The van der Waals surface area contributed by atoms with Gasteiger partial charge < -0.3 is 10.2 Å². The van der Waals surface area contributed by atoms with Gasteiger partial charge in [-0.25, -0.2) is 4.79 Å². The summed E-state index contributed by atoms with van der Waals surface area (Å²) in [4.78, 5) is 15.1. The molecule has 2 N–H and O–H groups in total. The second-order valence-electron chi connectivity index (χ2n) is 7.72. The zero-order valence-electron chi connectivity index (χ0n) is 15.7. The van der Waals surface area contributed by atoms with Crippen LogP contribution in [0.2, 0.25) is 0 Å². The molecule has 1 aromatic heterocycles. The number of nitrogens with one attached hydrogen (secondary N) is 2. The summed E-state index contributed by atoms with van der Waals surface area (Å²) in [6, 6.07) is 11.0. The minimum Gasteiger partial charge on any atom is -0.335 e. The summed E-state index contributed by atoms with van der Waals surface area (Å²) in [5.74, 6) is 0.461. The third-order valence-corrected chi connectivity index (χ3v) is 5.86. The lowest BCUT2D eigenvalue weighted by molar-refractivity contribution is 0.175. The number of aromatic nitrogens is 2. The number of likely N-dealkylation sites (tertiary alicyclic amines) is 1. The van der Waals surface area contributed by atoms with E-state index >= 15 is 0 Å². The molecule has 2 aromatic rings. The Labute approximate surface area is 155 Å². The zero-order valence-corrected chi connectivity index (χ0v) is 15.7. The monoisotopic (exact) mass is 352 g/mol. The Morgan fingerprint density at radius 3 is 2.73 bits per heavy atom. The number of rotatable bonds is 3. The molecular formula is C21H28N4O. The number of carbonyl (C=O) groups excluding carboxylic acids is 1. The SMILES string of the molecule is Cc1n[nH]c(C)c1C1CCCCCN1C(=O)N[C@@H]1C[C@H]1c1ccccc1. The fourth-order valence-electron chi connectivity index (χ4n) is 4.37. The fourth-order valence-corrected chi connectivity index (χ4v) is 4.37. The van der Waals surface area contributed by atoms with Gasteiger partial charge >= 0.3 is 6.03 Å². The van der Waals surface area contributed by atoms with Crippen molar-refractivity contribution in [2.75, 3.05) is 6.54 Å². The maximum atomic E-state index is 13.1. The molecule has 5 nitrogen and oxygen atoms in total. The number of carbonyl (C=O) groups is 1. The van der Waals surface area contributed by atoms with Gasteiger partial charge in [0.05, 0.1) is 11.7 Å². The highest BCUT2D eigenvalue weighted by Gasteiger charge is 2.41. The van der Waals surface area contributed by atoms with E-state index in [1.165, 1.54) is 17.5 Å². The number of nitrogens with zero attached hydrogens (tertiary/aromatic N) is 2.